The zero-order valence-electron chi connectivity index (χ0n) is 9.54. The number of nitrogen functional groups attached to an aromatic ring is 1. The fraction of sp³-hybridized carbons (Fsp3) is 0.417. The van der Waals surface area contributed by atoms with Gasteiger partial charge in [0.15, 0.2) is 0 Å². The molecular weight excluding hydrogens is 204 g/mol. The highest BCUT2D eigenvalue weighted by molar-refractivity contribution is 5.97. The number of ether oxygens (including phenoxy) is 1. The van der Waals surface area contributed by atoms with Crippen LogP contribution in [0, 0.1) is 6.92 Å². The van der Waals surface area contributed by atoms with Gasteiger partial charge in [-0.1, -0.05) is 0 Å². The summed E-state index contributed by atoms with van der Waals surface area (Å²) < 4.78 is 4.70. The molecule has 4 heteroatoms. The normalized spacial score (nSPS) is 14.6. The van der Waals surface area contributed by atoms with Crippen LogP contribution in [0.4, 0.5) is 11.4 Å². The summed E-state index contributed by atoms with van der Waals surface area (Å²) in [5.74, 6) is -0.389. The average Bonchev–Trinajstić information content (AvgIpc) is 3.06. The molecule has 1 aromatic rings. The molecule has 3 N–H and O–H groups in total. The Morgan fingerprint density at radius 2 is 2.19 bits per heavy atom. The lowest BCUT2D eigenvalue weighted by Crippen LogP contribution is -2.09. The minimum atomic E-state index is -0.389. The monoisotopic (exact) mass is 220 g/mol. The van der Waals surface area contributed by atoms with Crippen molar-refractivity contribution in [2.45, 2.75) is 25.8 Å². The molecule has 86 valence electrons. The van der Waals surface area contributed by atoms with Crippen molar-refractivity contribution in [1.29, 1.82) is 0 Å². The number of benzene rings is 1. The number of aryl methyl sites for hydroxylation is 1. The maximum absolute atomic E-state index is 11.5. The number of anilines is 2. The molecule has 4 nitrogen and oxygen atoms in total. The van der Waals surface area contributed by atoms with Gasteiger partial charge in [-0.25, -0.2) is 4.79 Å². The Kier molecular flexibility index (Phi) is 2.73. The maximum atomic E-state index is 11.5. The van der Waals surface area contributed by atoms with E-state index in [0.29, 0.717) is 17.3 Å². The number of carbonyl (C=O) groups is 1. The standard InChI is InChI=1S/C12H16N2O2/c1-7-5-9(14-8-3-4-8)6-10(11(7)13)12(15)16-2/h5-6,8,14H,3-4,13H2,1-2H3. The number of hydrogen-bond donors (Lipinski definition) is 2. The number of carbonyl (C=O) groups excluding carboxylic acids is 1. The van der Waals surface area contributed by atoms with Crippen LogP contribution in [0.1, 0.15) is 28.8 Å². The molecule has 0 saturated heterocycles. The Morgan fingerprint density at radius 1 is 1.50 bits per heavy atom. The summed E-state index contributed by atoms with van der Waals surface area (Å²) >= 11 is 0. The number of nitrogens with one attached hydrogen (secondary N) is 1. The summed E-state index contributed by atoms with van der Waals surface area (Å²) in [7, 11) is 1.36. The third kappa shape index (κ3) is 2.10. The summed E-state index contributed by atoms with van der Waals surface area (Å²) in [6.07, 6.45) is 2.38. The Labute approximate surface area is 94.8 Å². The van der Waals surface area contributed by atoms with Crippen LogP contribution in [-0.2, 0) is 4.74 Å². The van der Waals surface area contributed by atoms with Crippen LogP contribution < -0.4 is 11.1 Å². The van der Waals surface area contributed by atoms with Gasteiger partial charge in [0.25, 0.3) is 0 Å². The fourth-order valence-corrected chi connectivity index (χ4v) is 1.62. The summed E-state index contributed by atoms with van der Waals surface area (Å²) in [4.78, 5) is 11.5. The molecule has 1 aliphatic carbocycles. The SMILES string of the molecule is COC(=O)c1cc(NC2CC2)cc(C)c1N. The molecule has 0 amide bonds. The molecule has 0 unspecified atom stereocenters. The van der Waals surface area contributed by atoms with Gasteiger partial charge in [0.2, 0.25) is 0 Å². The Hall–Kier alpha value is -1.71. The molecule has 0 aromatic heterocycles. The van der Waals surface area contributed by atoms with E-state index < -0.39 is 0 Å². The molecule has 2 rings (SSSR count). The van der Waals surface area contributed by atoms with E-state index in [1.165, 1.54) is 20.0 Å². The van der Waals surface area contributed by atoms with Crippen LogP contribution in [0.2, 0.25) is 0 Å². The van der Waals surface area contributed by atoms with E-state index in [-0.39, 0.29) is 5.97 Å². The van der Waals surface area contributed by atoms with Crippen molar-refractivity contribution in [2.75, 3.05) is 18.2 Å². The summed E-state index contributed by atoms with van der Waals surface area (Å²) in [6.45, 7) is 1.89. The third-order valence-electron chi connectivity index (χ3n) is 2.74. The van der Waals surface area contributed by atoms with Crippen LogP contribution >= 0.6 is 0 Å². The predicted molar refractivity (Wildman–Crippen MR) is 63.6 cm³/mol. The van der Waals surface area contributed by atoms with Crippen LogP contribution in [0.5, 0.6) is 0 Å². The topological polar surface area (TPSA) is 64.3 Å². The molecular formula is C12H16N2O2. The highest BCUT2D eigenvalue weighted by Gasteiger charge is 2.22. The molecule has 0 atom stereocenters. The molecule has 1 fully saturated rings. The van der Waals surface area contributed by atoms with E-state index in [9.17, 15) is 4.79 Å². The molecule has 0 spiro atoms. The van der Waals surface area contributed by atoms with Gasteiger partial charge in [0.05, 0.1) is 12.7 Å². The molecule has 16 heavy (non-hydrogen) atoms. The number of rotatable bonds is 3. The Balaban J connectivity index is 2.33. The van der Waals surface area contributed by atoms with E-state index in [4.69, 9.17) is 10.5 Å². The van der Waals surface area contributed by atoms with E-state index in [1.807, 2.05) is 13.0 Å². The first kappa shape index (κ1) is 10.8. The van der Waals surface area contributed by atoms with Crippen molar-refractivity contribution in [2.24, 2.45) is 0 Å². The van der Waals surface area contributed by atoms with Crippen molar-refractivity contribution in [1.82, 2.24) is 0 Å². The second-order valence-electron chi connectivity index (χ2n) is 4.16. The number of hydrogen-bond acceptors (Lipinski definition) is 4. The van der Waals surface area contributed by atoms with Crippen molar-refractivity contribution < 1.29 is 9.53 Å². The number of methoxy groups -OCH3 is 1. The first-order valence-electron chi connectivity index (χ1n) is 5.37. The van der Waals surface area contributed by atoms with Gasteiger partial charge in [0, 0.05) is 17.4 Å². The molecule has 1 aliphatic rings. The zero-order valence-corrected chi connectivity index (χ0v) is 9.54. The second-order valence-corrected chi connectivity index (χ2v) is 4.16. The average molecular weight is 220 g/mol. The van der Waals surface area contributed by atoms with Gasteiger partial charge < -0.3 is 15.8 Å². The third-order valence-corrected chi connectivity index (χ3v) is 2.74. The van der Waals surface area contributed by atoms with Gasteiger partial charge in [-0.15, -0.1) is 0 Å². The molecule has 0 aliphatic heterocycles. The summed E-state index contributed by atoms with van der Waals surface area (Å²) in [5, 5.41) is 3.34. The zero-order chi connectivity index (χ0) is 11.7. The molecule has 0 radical (unpaired) electrons. The van der Waals surface area contributed by atoms with Gasteiger partial charge in [-0.3, -0.25) is 0 Å². The largest absolute Gasteiger partial charge is 0.465 e. The lowest BCUT2D eigenvalue weighted by Gasteiger charge is -2.11. The van der Waals surface area contributed by atoms with Gasteiger partial charge in [-0.2, -0.15) is 0 Å². The minimum Gasteiger partial charge on any atom is -0.465 e. The lowest BCUT2D eigenvalue weighted by molar-refractivity contribution is 0.0602. The van der Waals surface area contributed by atoms with E-state index in [2.05, 4.69) is 5.32 Å². The highest BCUT2D eigenvalue weighted by Crippen LogP contribution is 2.28. The Bertz CT molecular complexity index is 425. The smallest absolute Gasteiger partial charge is 0.340 e. The van der Waals surface area contributed by atoms with Gasteiger partial charge in [-0.05, 0) is 37.5 Å². The van der Waals surface area contributed by atoms with Crippen LogP contribution in [0.3, 0.4) is 0 Å². The van der Waals surface area contributed by atoms with Crippen LogP contribution in [-0.4, -0.2) is 19.1 Å². The van der Waals surface area contributed by atoms with E-state index in [1.54, 1.807) is 6.07 Å². The van der Waals surface area contributed by atoms with Crippen molar-refractivity contribution >= 4 is 17.3 Å². The molecule has 1 aromatic carbocycles. The van der Waals surface area contributed by atoms with Crippen LogP contribution in [0.15, 0.2) is 12.1 Å². The van der Waals surface area contributed by atoms with E-state index in [0.717, 1.165) is 11.3 Å². The highest BCUT2D eigenvalue weighted by atomic mass is 16.5. The maximum Gasteiger partial charge on any atom is 0.340 e. The van der Waals surface area contributed by atoms with Crippen LogP contribution in [0.25, 0.3) is 0 Å². The van der Waals surface area contributed by atoms with Crippen molar-refractivity contribution in [3.63, 3.8) is 0 Å². The minimum absolute atomic E-state index is 0.389. The summed E-state index contributed by atoms with van der Waals surface area (Å²) in [6, 6.07) is 4.26. The quantitative estimate of drug-likeness (QED) is 0.603. The summed E-state index contributed by atoms with van der Waals surface area (Å²) in [5.41, 5.74) is 8.61. The molecule has 0 heterocycles. The van der Waals surface area contributed by atoms with Gasteiger partial charge in [0.1, 0.15) is 0 Å². The first-order chi connectivity index (χ1) is 7.61. The fourth-order valence-electron chi connectivity index (χ4n) is 1.62. The first-order valence-corrected chi connectivity index (χ1v) is 5.37. The van der Waals surface area contributed by atoms with Gasteiger partial charge >= 0.3 is 5.97 Å². The molecule has 0 bridgehead atoms. The number of nitrogens with two attached hydrogens (primary N) is 1. The van der Waals surface area contributed by atoms with Crippen molar-refractivity contribution in [3.05, 3.63) is 23.3 Å². The van der Waals surface area contributed by atoms with E-state index >= 15 is 0 Å². The Morgan fingerprint density at radius 3 is 2.75 bits per heavy atom. The predicted octanol–water partition coefficient (Wildman–Crippen LogP) is 1.94. The second kappa shape index (κ2) is 4.04. The molecule has 1 saturated carbocycles. The lowest BCUT2D eigenvalue weighted by atomic mass is 10.1. The number of esters is 1. The van der Waals surface area contributed by atoms with Crippen molar-refractivity contribution in [3.8, 4) is 0 Å².